The van der Waals surface area contributed by atoms with Crippen LogP contribution in [0.5, 0.6) is 5.75 Å². The predicted octanol–water partition coefficient (Wildman–Crippen LogP) is 3.42. The molecule has 0 amide bonds. The first-order valence-electron chi connectivity index (χ1n) is 8.51. The Morgan fingerprint density at radius 1 is 1.40 bits per heavy atom. The highest BCUT2D eigenvalue weighted by molar-refractivity contribution is 5.94. The molecule has 2 aromatic rings. The van der Waals surface area contributed by atoms with Crippen LogP contribution in [0.1, 0.15) is 35.8 Å². The second-order valence-corrected chi connectivity index (χ2v) is 6.42. The van der Waals surface area contributed by atoms with E-state index in [-0.39, 0.29) is 23.3 Å². The zero-order chi connectivity index (χ0) is 17.8. The molecule has 1 aliphatic rings. The molecule has 0 N–H and O–H groups in total. The average Bonchev–Trinajstić information content (AvgIpc) is 2.61. The van der Waals surface area contributed by atoms with Gasteiger partial charge in [-0.2, -0.15) is 0 Å². The Morgan fingerprint density at radius 2 is 2.20 bits per heavy atom. The number of hydrogen-bond donors (Lipinski definition) is 0. The molecule has 1 atom stereocenters. The Bertz CT molecular complexity index is 766. The van der Waals surface area contributed by atoms with E-state index in [0.717, 1.165) is 25.9 Å². The van der Waals surface area contributed by atoms with Crippen LogP contribution in [0.4, 0.5) is 10.3 Å². The van der Waals surface area contributed by atoms with Crippen LogP contribution in [-0.4, -0.2) is 35.4 Å². The molecule has 0 bridgehead atoms. The quantitative estimate of drug-likeness (QED) is 0.779. The molecule has 5 nitrogen and oxygen atoms in total. The van der Waals surface area contributed by atoms with E-state index in [1.165, 1.54) is 13.0 Å². The topological polar surface area (TPSA) is 55.3 Å². The number of aryl methyl sites for hydroxylation is 1. The number of aromatic nitrogens is 2. The molecule has 1 unspecified atom stereocenters. The van der Waals surface area contributed by atoms with E-state index in [4.69, 9.17) is 4.74 Å². The van der Waals surface area contributed by atoms with Gasteiger partial charge in [0.1, 0.15) is 0 Å². The minimum atomic E-state index is -0.339. The van der Waals surface area contributed by atoms with Crippen LogP contribution in [-0.2, 0) is 0 Å². The lowest BCUT2D eigenvalue weighted by Crippen LogP contribution is -2.39. The summed E-state index contributed by atoms with van der Waals surface area (Å²) < 4.78 is 19.3. The lowest BCUT2D eigenvalue weighted by molar-refractivity contribution is 0.101. The van der Waals surface area contributed by atoms with Crippen molar-refractivity contribution in [2.75, 3.05) is 24.6 Å². The largest absolute Gasteiger partial charge is 0.490 e. The molecular formula is C19H22FN3O2. The van der Waals surface area contributed by atoms with Crippen LogP contribution in [0, 0.1) is 18.7 Å². The standard InChI is InChI=1S/C19H22FN3O2/c1-13-16(14(2)24)10-21-19(22-13)23-9-5-6-15(11-23)12-25-18-8-4-3-7-17(18)20/h3-4,7-8,10,15H,5-6,9,11-12H2,1-2H3. The number of anilines is 1. The van der Waals surface area contributed by atoms with Crippen molar-refractivity contribution in [3.8, 4) is 5.75 Å². The number of halogens is 1. The van der Waals surface area contributed by atoms with Crippen LogP contribution < -0.4 is 9.64 Å². The number of hydrogen-bond acceptors (Lipinski definition) is 5. The molecule has 1 aromatic heterocycles. The fourth-order valence-electron chi connectivity index (χ4n) is 3.10. The van der Waals surface area contributed by atoms with Crippen molar-refractivity contribution < 1.29 is 13.9 Å². The summed E-state index contributed by atoms with van der Waals surface area (Å²) in [5.41, 5.74) is 1.25. The van der Waals surface area contributed by atoms with Crippen molar-refractivity contribution in [2.45, 2.75) is 26.7 Å². The molecule has 0 aliphatic carbocycles. The minimum absolute atomic E-state index is 0.0288. The second-order valence-electron chi connectivity index (χ2n) is 6.42. The van der Waals surface area contributed by atoms with E-state index >= 15 is 0 Å². The Kier molecular flexibility index (Phi) is 5.26. The average molecular weight is 343 g/mol. The molecule has 25 heavy (non-hydrogen) atoms. The van der Waals surface area contributed by atoms with Crippen molar-refractivity contribution in [1.82, 2.24) is 9.97 Å². The zero-order valence-electron chi connectivity index (χ0n) is 14.5. The molecule has 132 valence electrons. The first kappa shape index (κ1) is 17.3. The Hall–Kier alpha value is -2.50. The summed E-state index contributed by atoms with van der Waals surface area (Å²) in [7, 11) is 0. The van der Waals surface area contributed by atoms with E-state index < -0.39 is 0 Å². The number of rotatable bonds is 5. The number of Topliss-reactive ketones (excluding diaryl/α,β-unsaturated/α-hetero) is 1. The van der Waals surface area contributed by atoms with Crippen LogP contribution in [0.25, 0.3) is 0 Å². The summed E-state index contributed by atoms with van der Waals surface area (Å²) in [6.45, 7) is 5.43. The smallest absolute Gasteiger partial charge is 0.225 e. The summed E-state index contributed by atoms with van der Waals surface area (Å²) in [4.78, 5) is 22.4. The third-order valence-corrected chi connectivity index (χ3v) is 4.46. The number of carbonyl (C=O) groups is 1. The number of benzene rings is 1. The molecule has 3 rings (SSSR count). The first-order chi connectivity index (χ1) is 12.0. The van der Waals surface area contributed by atoms with Crippen molar-refractivity contribution in [3.05, 3.63) is 47.5 Å². The zero-order valence-corrected chi connectivity index (χ0v) is 14.5. The molecule has 1 aromatic carbocycles. The highest BCUT2D eigenvalue weighted by atomic mass is 19.1. The third kappa shape index (κ3) is 4.13. The third-order valence-electron chi connectivity index (χ3n) is 4.46. The van der Waals surface area contributed by atoms with E-state index in [9.17, 15) is 9.18 Å². The number of ketones is 1. The van der Waals surface area contributed by atoms with Crippen LogP contribution in [0.3, 0.4) is 0 Å². The summed E-state index contributed by atoms with van der Waals surface area (Å²) in [6, 6.07) is 6.45. The predicted molar refractivity (Wildman–Crippen MR) is 93.6 cm³/mol. The molecule has 0 saturated carbocycles. The van der Waals surface area contributed by atoms with Crippen LogP contribution in [0.2, 0.25) is 0 Å². The number of carbonyl (C=O) groups excluding carboxylic acids is 1. The van der Waals surface area contributed by atoms with Gasteiger partial charge >= 0.3 is 0 Å². The van der Waals surface area contributed by atoms with Gasteiger partial charge in [0.05, 0.1) is 17.9 Å². The van der Waals surface area contributed by atoms with Gasteiger partial charge in [-0.1, -0.05) is 12.1 Å². The van der Waals surface area contributed by atoms with E-state index in [1.54, 1.807) is 24.4 Å². The summed E-state index contributed by atoms with van der Waals surface area (Å²) in [5, 5.41) is 0. The Morgan fingerprint density at radius 3 is 2.92 bits per heavy atom. The summed E-state index contributed by atoms with van der Waals surface area (Å²) in [6.07, 6.45) is 3.62. The number of nitrogens with zero attached hydrogens (tertiary/aromatic N) is 3. The van der Waals surface area contributed by atoms with Gasteiger partial charge < -0.3 is 9.64 Å². The highest BCUT2D eigenvalue weighted by Crippen LogP contribution is 2.23. The van der Waals surface area contributed by atoms with Gasteiger partial charge in [0.15, 0.2) is 17.3 Å². The SMILES string of the molecule is CC(=O)c1cnc(N2CCCC(COc3ccccc3F)C2)nc1C. The fourth-order valence-corrected chi connectivity index (χ4v) is 3.10. The number of para-hydroxylation sites is 1. The van der Waals surface area contributed by atoms with E-state index in [1.807, 2.05) is 6.92 Å². The maximum absolute atomic E-state index is 13.6. The molecular weight excluding hydrogens is 321 g/mol. The van der Waals surface area contributed by atoms with Gasteiger partial charge in [0, 0.05) is 25.2 Å². The van der Waals surface area contributed by atoms with Gasteiger partial charge in [-0.05, 0) is 38.8 Å². The number of ether oxygens (including phenoxy) is 1. The maximum atomic E-state index is 13.6. The van der Waals surface area contributed by atoms with Crippen LogP contribution >= 0.6 is 0 Å². The monoisotopic (exact) mass is 343 g/mol. The van der Waals surface area contributed by atoms with Crippen molar-refractivity contribution in [1.29, 1.82) is 0 Å². The van der Waals surface area contributed by atoms with Gasteiger partial charge in [-0.25, -0.2) is 14.4 Å². The Labute approximate surface area is 146 Å². The molecule has 0 radical (unpaired) electrons. The summed E-state index contributed by atoms with van der Waals surface area (Å²) >= 11 is 0. The minimum Gasteiger partial charge on any atom is -0.490 e. The maximum Gasteiger partial charge on any atom is 0.225 e. The van der Waals surface area contributed by atoms with Gasteiger partial charge in [0.25, 0.3) is 0 Å². The molecule has 1 saturated heterocycles. The molecule has 6 heteroatoms. The Balaban J connectivity index is 1.64. The first-order valence-corrected chi connectivity index (χ1v) is 8.51. The second kappa shape index (κ2) is 7.59. The van der Waals surface area contributed by atoms with Crippen molar-refractivity contribution >= 4 is 11.7 Å². The fraction of sp³-hybridized carbons (Fsp3) is 0.421. The highest BCUT2D eigenvalue weighted by Gasteiger charge is 2.23. The molecule has 0 spiro atoms. The molecule has 2 heterocycles. The van der Waals surface area contributed by atoms with Crippen molar-refractivity contribution in [3.63, 3.8) is 0 Å². The molecule has 1 aliphatic heterocycles. The van der Waals surface area contributed by atoms with Crippen LogP contribution in [0.15, 0.2) is 30.5 Å². The normalized spacial score (nSPS) is 17.4. The van der Waals surface area contributed by atoms with Crippen molar-refractivity contribution in [2.24, 2.45) is 5.92 Å². The van der Waals surface area contributed by atoms with Gasteiger partial charge in [-0.15, -0.1) is 0 Å². The lowest BCUT2D eigenvalue weighted by Gasteiger charge is -2.32. The van der Waals surface area contributed by atoms with Gasteiger partial charge in [0.2, 0.25) is 5.95 Å². The summed E-state index contributed by atoms with van der Waals surface area (Å²) in [5.74, 6) is 0.841. The molecule has 1 fully saturated rings. The van der Waals surface area contributed by atoms with Gasteiger partial charge in [-0.3, -0.25) is 4.79 Å². The van der Waals surface area contributed by atoms with E-state index in [0.29, 0.717) is 23.8 Å². The lowest BCUT2D eigenvalue weighted by atomic mass is 9.99. The van der Waals surface area contributed by atoms with E-state index in [2.05, 4.69) is 14.9 Å². The number of piperidine rings is 1.